The Morgan fingerprint density at radius 1 is 1.06 bits per heavy atom. The van der Waals surface area contributed by atoms with Crippen molar-refractivity contribution in [3.05, 3.63) is 71.8 Å². The Balaban J connectivity index is 1.53. The summed E-state index contributed by atoms with van der Waals surface area (Å²) in [7, 11) is 0. The van der Waals surface area contributed by atoms with Crippen molar-refractivity contribution in [1.82, 2.24) is 10.2 Å². The molecule has 1 fully saturated rings. The Hall–Kier alpha value is -3.13. The van der Waals surface area contributed by atoms with Crippen LogP contribution in [0.25, 0.3) is 0 Å². The van der Waals surface area contributed by atoms with Crippen LogP contribution in [-0.2, 0) is 15.0 Å². The van der Waals surface area contributed by atoms with Crippen LogP contribution in [0.4, 0.5) is 0 Å². The van der Waals surface area contributed by atoms with Crippen molar-refractivity contribution in [3.63, 3.8) is 0 Å². The number of benzene rings is 2. The summed E-state index contributed by atoms with van der Waals surface area (Å²) in [5.41, 5.74) is 1.55. The lowest BCUT2D eigenvalue weighted by Crippen LogP contribution is -2.46. The van der Waals surface area contributed by atoms with E-state index < -0.39 is 11.5 Å². The first kappa shape index (κ1) is 25.5. The fourth-order valence-electron chi connectivity index (χ4n) is 5.05. The molecule has 2 unspecified atom stereocenters. The summed E-state index contributed by atoms with van der Waals surface area (Å²) in [5.74, 6) is 0.139. The highest BCUT2D eigenvalue weighted by Crippen LogP contribution is 2.37. The van der Waals surface area contributed by atoms with Crippen LogP contribution in [0.3, 0.4) is 0 Å². The van der Waals surface area contributed by atoms with Crippen LogP contribution in [0.15, 0.2) is 60.7 Å². The molecule has 1 N–H and O–H groups in total. The molecule has 3 rings (SSSR count). The van der Waals surface area contributed by atoms with E-state index in [-0.39, 0.29) is 23.8 Å². The second kappa shape index (κ2) is 11.8. The second-order valence-electron chi connectivity index (χ2n) is 9.70. The van der Waals surface area contributed by atoms with E-state index in [9.17, 15) is 14.9 Å². The van der Waals surface area contributed by atoms with E-state index in [0.717, 1.165) is 30.4 Å². The fourth-order valence-corrected chi connectivity index (χ4v) is 5.05. The van der Waals surface area contributed by atoms with Gasteiger partial charge in [0.05, 0.1) is 17.5 Å². The van der Waals surface area contributed by atoms with Crippen molar-refractivity contribution >= 4 is 11.8 Å². The van der Waals surface area contributed by atoms with Gasteiger partial charge in [-0.3, -0.25) is 9.59 Å². The zero-order valence-electron chi connectivity index (χ0n) is 20.7. The van der Waals surface area contributed by atoms with Gasteiger partial charge in [0, 0.05) is 13.0 Å². The molecule has 0 aromatic heterocycles. The van der Waals surface area contributed by atoms with Gasteiger partial charge in [0.25, 0.3) is 0 Å². The molecule has 0 radical (unpaired) electrons. The first-order chi connectivity index (χ1) is 16.4. The van der Waals surface area contributed by atoms with Crippen LogP contribution in [0.5, 0.6) is 0 Å². The Bertz CT molecular complexity index is 983. The average molecular weight is 460 g/mol. The van der Waals surface area contributed by atoms with Crippen LogP contribution in [0, 0.1) is 17.2 Å². The highest BCUT2D eigenvalue weighted by Gasteiger charge is 2.36. The third-order valence-electron chi connectivity index (χ3n) is 7.22. The molecular formula is C29H37N3O2. The molecule has 1 saturated heterocycles. The first-order valence-corrected chi connectivity index (χ1v) is 12.5. The van der Waals surface area contributed by atoms with Crippen molar-refractivity contribution < 1.29 is 9.59 Å². The normalized spacial score (nSPS) is 18.2. The van der Waals surface area contributed by atoms with Gasteiger partial charge in [-0.05, 0) is 49.7 Å². The smallest absolute Gasteiger partial charge is 0.243 e. The summed E-state index contributed by atoms with van der Waals surface area (Å²) in [6.07, 6.45) is 4.19. The molecular weight excluding hydrogens is 422 g/mol. The molecule has 0 saturated carbocycles. The lowest BCUT2D eigenvalue weighted by atomic mass is 9.69. The molecule has 5 nitrogen and oxygen atoms in total. The Labute approximate surface area is 204 Å². The Morgan fingerprint density at radius 2 is 1.71 bits per heavy atom. The number of amides is 2. The zero-order valence-corrected chi connectivity index (χ0v) is 20.7. The van der Waals surface area contributed by atoms with Gasteiger partial charge in [-0.2, -0.15) is 5.26 Å². The van der Waals surface area contributed by atoms with Crippen molar-refractivity contribution in [2.24, 2.45) is 5.92 Å². The number of rotatable bonds is 10. The Kier molecular flexibility index (Phi) is 8.87. The van der Waals surface area contributed by atoms with E-state index in [0.29, 0.717) is 25.8 Å². The van der Waals surface area contributed by atoms with Gasteiger partial charge in [-0.15, -0.1) is 0 Å². The molecule has 2 aromatic rings. The SMILES string of the molecule is CC(NC(=O)[C@H]1CCCN1C(=O)CCCCC(C#N)(c1ccccc1)C(C)C)c1ccccc1. The number of carbonyl (C=O) groups excluding carboxylic acids is 2. The molecule has 34 heavy (non-hydrogen) atoms. The van der Waals surface area contributed by atoms with E-state index in [4.69, 9.17) is 0 Å². The highest BCUT2D eigenvalue weighted by atomic mass is 16.2. The standard InChI is InChI=1S/C29H37N3O2/c1-22(2)29(21-30,25-15-8-5-9-16-25)19-11-10-18-27(33)32-20-12-17-26(32)28(34)31-23(3)24-13-6-4-7-14-24/h4-9,13-16,22-23,26H,10-12,17-20H2,1-3H3,(H,31,34)/t23?,26-,29?/m1/s1. The molecule has 0 bridgehead atoms. The molecule has 2 amide bonds. The lowest BCUT2D eigenvalue weighted by molar-refractivity contribution is -0.138. The van der Waals surface area contributed by atoms with E-state index >= 15 is 0 Å². The van der Waals surface area contributed by atoms with Crippen LogP contribution in [0.2, 0.25) is 0 Å². The van der Waals surface area contributed by atoms with Crippen LogP contribution < -0.4 is 5.32 Å². The van der Waals surface area contributed by atoms with Crippen molar-refractivity contribution in [1.29, 1.82) is 5.26 Å². The van der Waals surface area contributed by atoms with E-state index in [1.165, 1.54) is 0 Å². The van der Waals surface area contributed by atoms with Crippen LogP contribution in [-0.4, -0.2) is 29.3 Å². The van der Waals surface area contributed by atoms with Crippen molar-refractivity contribution in [2.45, 2.75) is 76.8 Å². The molecule has 5 heteroatoms. The predicted molar refractivity (Wildman–Crippen MR) is 135 cm³/mol. The maximum absolute atomic E-state index is 13.0. The summed E-state index contributed by atoms with van der Waals surface area (Å²) in [5, 5.41) is 13.1. The third-order valence-corrected chi connectivity index (χ3v) is 7.22. The van der Waals surface area contributed by atoms with Gasteiger partial charge in [0.1, 0.15) is 6.04 Å². The van der Waals surface area contributed by atoms with Gasteiger partial charge in [-0.25, -0.2) is 0 Å². The number of hydrogen-bond acceptors (Lipinski definition) is 3. The predicted octanol–water partition coefficient (Wildman–Crippen LogP) is 5.53. The van der Waals surface area contributed by atoms with Gasteiger partial charge in [0.15, 0.2) is 0 Å². The first-order valence-electron chi connectivity index (χ1n) is 12.5. The largest absolute Gasteiger partial charge is 0.348 e. The quantitative estimate of drug-likeness (QED) is 0.475. The number of carbonyl (C=O) groups is 2. The minimum absolute atomic E-state index is 0.0387. The molecule has 3 atom stereocenters. The number of unbranched alkanes of at least 4 members (excludes halogenated alkanes) is 1. The Morgan fingerprint density at radius 3 is 2.32 bits per heavy atom. The topological polar surface area (TPSA) is 73.2 Å². The van der Waals surface area contributed by atoms with Gasteiger partial charge in [-0.1, -0.05) is 80.9 Å². The number of hydrogen-bond donors (Lipinski definition) is 1. The maximum Gasteiger partial charge on any atom is 0.243 e. The van der Waals surface area contributed by atoms with Gasteiger partial charge < -0.3 is 10.2 Å². The molecule has 0 spiro atoms. The molecule has 1 aliphatic rings. The molecule has 0 aliphatic carbocycles. The summed E-state index contributed by atoms with van der Waals surface area (Å²) in [6, 6.07) is 21.9. The lowest BCUT2D eigenvalue weighted by Gasteiger charge is -2.31. The number of nitriles is 1. The number of nitrogens with one attached hydrogen (secondary N) is 1. The highest BCUT2D eigenvalue weighted by molar-refractivity contribution is 5.88. The van der Waals surface area contributed by atoms with Crippen LogP contribution >= 0.6 is 0 Å². The minimum atomic E-state index is -0.548. The third kappa shape index (κ3) is 5.86. The average Bonchev–Trinajstić information content (AvgIpc) is 3.35. The van der Waals surface area contributed by atoms with Gasteiger partial charge in [0.2, 0.25) is 11.8 Å². The molecule has 1 heterocycles. The summed E-state index contributed by atoms with van der Waals surface area (Å²) < 4.78 is 0. The molecule has 180 valence electrons. The molecule has 1 aliphatic heterocycles. The maximum atomic E-state index is 13.0. The van der Waals surface area contributed by atoms with Gasteiger partial charge >= 0.3 is 0 Å². The van der Waals surface area contributed by atoms with Crippen molar-refractivity contribution in [3.8, 4) is 6.07 Å². The van der Waals surface area contributed by atoms with E-state index in [2.05, 4.69) is 25.2 Å². The zero-order chi connectivity index (χ0) is 24.6. The number of likely N-dealkylation sites (tertiary alicyclic amines) is 1. The fraction of sp³-hybridized carbons (Fsp3) is 0.483. The minimum Gasteiger partial charge on any atom is -0.348 e. The van der Waals surface area contributed by atoms with E-state index in [1.54, 1.807) is 4.90 Å². The second-order valence-corrected chi connectivity index (χ2v) is 9.70. The van der Waals surface area contributed by atoms with E-state index in [1.807, 2.05) is 67.6 Å². The molecule has 2 aromatic carbocycles. The van der Waals surface area contributed by atoms with Crippen molar-refractivity contribution in [2.75, 3.05) is 6.54 Å². The monoisotopic (exact) mass is 459 g/mol. The summed E-state index contributed by atoms with van der Waals surface area (Å²) in [6.45, 7) is 6.78. The summed E-state index contributed by atoms with van der Waals surface area (Å²) >= 11 is 0. The van der Waals surface area contributed by atoms with Crippen LogP contribution in [0.1, 0.15) is 76.5 Å². The summed E-state index contributed by atoms with van der Waals surface area (Å²) in [4.78, 5) is 27.7. The number of nitrogens with zero attached hydrogens (tertiary/aromatic N) is 2.